The van der Waals surface area contributed by atoms with Crippen LogP contribution in [0.2, 0.25) is 0 Å². The average Bonchev–Trinajstić information content (AvgIpc) is 2.37. The van der Waals surface area contributed by atoms with Gasteiger partial charge in [-0.15, -0.1) is 0 Å². The molecule has 0 fully saturated rings. The lowest BCUT2D eigenvalue weighted by molar-refractivity contribution is -0.142. The standard InChI is InChI=1S/C14H15NO3/c1-3-10-5-11(7-14(17)18-4-2)13(9-16)12(6-10)8-15/h5-6,9H,3-4,7H2,1-2H3. The summed E-state index contributed by atoms with van der Waals surface area (Å²) in [6, 6.07) is 5.44. The van der Waals surface area contributed by atoms with E-state index >= 15 is 0 Å². The molecule has 0 N–H and O–H groups in total. The maximum absolute atomic E-state index is 11.5. The molecule has 0 aliphatic heterocycles. The molecule has 0 radical (unpaired) electrons. The molecule has 0 spiro atoms. The second kappa shape index (κ2) is 6.55. The molecule has 0 amide bonds. The Morgan fingerprint density at radius 2 is 2.17 bits per heavy atom. The fraction of sp³-hybridized carbons (Fsp3) is 0.357. The summed E-state index contributed by atoms with van der Waals surface area (Å²) >= 11 is 0. The number of carbonyl (C=O) groups excluding carboxylic acids is 2. The van der Waals surface area contributed by atoms with Gasteiger partial charge in [-0.25, -0.2) is 0 Å². The van der Waals surface area contributed by atoms with Crippen molar-refractivity contribution in [2.45, 2.75) is 26.7 Å². The number of aryl methyl sites for hydroxylation is 1. The van der Waals surface area contributed by atoms with Crippen LogP contribution in [0.1, 0.15) is 40.9 Å². The van der Waals surface area contributed by atoms with Gasteiger partial charge in [0.1, 0.15) is 0 Å². The third-order valence-corrected chi connectivity index (χ3v) is 2.61. The van der Waals surface area contributed by atoms with Gasteiger partial charge in [-0.3, -0.25) is 9.59 Å². The van der Waals surface area contributed by atoms with Crippen LogP contribution in [0.25, 0.3) is 0 Å². The third kappa shape index (κ3) is 3.17. The molecule has 0 unspecified atom stereocenters. The number of benzene rings is 1. The predicted molar refractivity (Wildman–Crippen MR) is 66.3 cm³/mol. The minimum absolute atomic E-state index is 0.0183. The number of nitriles is 1. The summed E-state index contributed by atoms with van der Waals surface area (Å²) in [5.41, 5.74) is 2.07. The van der Waals surface area contributed by atoms with Gasteiger partial charge in [0.05, 0.1) is 24.7 Å². The van der Waals surface area contributed by atoms with Crippen LogP contribution in [0.5, 0.6) is 0 Å². The van der Waals surface area contributed by atoms with Crippen LogP contribution in [-0.2, 0) is 22.4 Å². The SMILES string of the molecule is CCOC(=O)Cc1cc(CC)cc(C#N)c1C=O. The Bertz CT molecular complexity index is 500. The number of aldehydes is 1. The molecule has 0 aromatic heterocycles. The summed E-state index contributed by atoms with van der Waals surface area (Å²) in [5, 5.41) is 9.01. The highest BCUT2D eigenvalue weighted by molar-refractivity contribution is 5.85. The van der Waals surface area contributed by atoms with Crippen LogP contribution in [-0.4, -0.2) is 18.9 Å². The highest BCUT2D eigenvalue weighted by Gasteiger charge is 2.13. The van der Waals surface area contributed by atoms with E-state index in [1.165, 1.54) is 0 Å². The number of esters is 1. The van der Waals surface area contributed by atoms with E-state index in [2.05, 4.69) is 0 Å². The molecule has 1 aromatic carbocycles. The van der Waals surface area contributed by atoms with Crippen LogP contribution in [0.3, 0.4) is 0 Å². The number of ether oxygens (including phenoxy) is 1. The van der Waals surface area contributed by atoms with Crippen molar-refractivity contribution < 1.29 is 14.3 Å². The largest absolute Gasteiger partial charge is 0.466 e. The summed E-state index contributed by atoms with van der Waals surface area (Å²) < 4.78 is 4.85. The van der Waals surface area contributed by atoms with Crippen LogP contribution >= 0.6 is 0 Å². The third-order valence-electron chi connectivity index (χ3n) is 2.61. The van der Waals surface area contributed by atoms with Crippen molar-refractivity contribution in [1.29, 1.82) is 5.26 Å². The Kier molecular flexibility index (Phi) is 5.06. The molecule has 0 aliphatic carbocycles. The maximum atomic E-state index is 11.5. The minimum atomic E-state index is -0.391. The minimum Gasteiger partial charge on any atom is -0.466 e. The van der Waals surface area contributed by atoms with E-state index in [-0.39, 0.29) is 12.0 Å². The second-order valence-electron chi connectivity index (χ2n) is 3.78. The Hall–Kier alpha value is -2.15. The van der Waals surface area contributed by atoms with Crippen molar-refractivity contribution in [3.63, 3.8) is 0 Å². The van der Waals surface area contributed by atoms with Gasteiger partial charge in [0.15, 0.2) is 6.29 Å². The van der Waals surface area contributed by atoms with E-state index in [1.807, 2.05) is 13.0 Å². The van der Waals surface area contributed by atoms with Crippen molar-refractivity contribution in [3.8, 4) is 6.07 Å². The first-order valence-electron chi connectivity index (χ1n) is 5.82. The Labute approximate surface area is 106 Å². The molecule has 0 saturated carbocycles. The Morgan fingerprint density at radius 3 is 2.67 bits per heavy atom. The number of rotatable bonds is 5. The average molecular weight is 245 g/mol. The lowest BCUT2D eigenvalue weighted by Gasteiger charge is -2.09. The van der Waals surface area contributed by atoms with Crippen LogP contribution in [0, 0.1) is 11.3 Å². The molecule has 0 heterocycles. The lowest BCUT2D eigenvalue weighted by atomic mass is 9.96. The molecular weight excluding hydrogens is 230 g/mol. The second-order valence-corrected chi connectivity index (χ2v) is 3.78. The van der Waals surface area contributed by atoms with E-state index < -0.39 is 5.97 Å². The normalized spacial score (nSPS) is 9.61. The fourth-order valence-corrected chi connectivity index (χ4v) is 1.73. The van der Waals surface area contributed by atoms with Gasteiger partial charge in [-0.1, -0.05) is 13.0 Å². The zero-order valence-corrected chi connectivity index (χ0v) is 10.5. The Morgan fingerprint density at radius 1 is 1.44 bits per heavy atom. The number of hydrogen-bond acceptors (Lipinski definition) is 4. The maximum Gasteiger partial charge on any atom is 0.310 e. The van der Waals surface area contributed by atoms with Gasteiger partial charge >= 0.3 is 5.97 Å². The fourth-order valence-electron chi connectivity index (χ4n) is 1.73. The van der Waals surface area contributed by atoms with Crippen molar-refractivity contribution in [1.82, 2.24) is 0 Å². The molecule has 0 atom stereocenters. The zero-order valence-electron chi connectivity index (χ0n) is 10.5. The zero-order chi connectivity index (χ0) is 13.5. The summed E-state index contributed by atoms with van der Waals surface area (Å²) in [6.07, 6.45) is 1.38. The molecule has 0 bridgehead atoms. The van der Waals surface area contributed by atoms with E-state index in [1.54, 1.807) is 19.1 Å². The monoisotopic (exact) mass is 245 g/mol. The molecule has 18 heavy (non-hydrogen) atoms. The molecule has 0 saturated heterocycles. The van der Waals surface area contributed by atoms with Gasteiger partial charge in [0.2, 0.25) is 0 Å². The first kappa shape index (κ1) is 13.9. The van der Waals surface area contributed by atoms with Crippen molar-refractivity contribution in [3.05, 3.63) is 34.4 Å². The van der Waals surface area contributed by atoms with E-state index in [0.717, 1.165) is 12.0 Å². The van der Waals surface area contributed by atoms with Crippen molar-refractivity contribution in [2.24, 2.45) is 0 Å². The quantitative estimate of drug-likeness (QED) is 0.588. The first-order valence-corrected chi connectivity index (χ1v) is 5.82. The summed E-state index contributed by atoms with van der Waals surface area (Å²) in [7, 11) is 0. The highest BCUT2D eigenvalue weighted by Crippen LogP contribution is 2.17. The molecule has 0 aliphatic rings. The van der Waals surface area contributed by atoms with Crippen LogP contribution in [0.4, 0.5) is 0 Å². The van der Waals surface area contributed by atoms with E-state index in [0.29, 0.717) is 24.0 Å². The number of carbonyl (C=O) groups is 2. The van der Waals surface area contributed by atoms with Crippen LogP contribution in [0.15, 0.2) is 12.1 Å². The van der Waals surface area contributed by atoms with E-state index in [4.69, 9.17) is 10.00 Å². The molecule has 1 aromatic rings. The summed E-state index contributed by atoms with van der Waals surface area (Å²) in [4.78, 5) is 22.5. The molecule has 1 rings (SSSR count). The lowest BCUT2D eigenvalue weighted by Crippen LogP contribution is -2.10. The number of hydrogen-bond donors (Lipinski definition) is 0. The van der Waals surface area contributed by atoms with Gasteiger partial charge in [-0.05, 0) is 30.5 Å². The Balaban J connectivity index is 3.19. The highest BCUT2D eigenvalue weighted by atomic mass is 16.5. The van der Waals surface area contributed by atoms with E-state index in [9.17, 15) is 9.59 Å². The summed E-state index contributed by atoms with van der Waals surface area (Å²) in [6.45, 7) is 3.97. The first-order chi connectivity index (χ1) is 8.65. The van der Waals surface area contributed by atoms with Crippen molar-refractivity contribution in [2.75, 3.05) is 6.61 Å². The van der Waals surface area contributed by atoms with Crippen LogP contribution < -0.4 is 0 Å². The molecule has 4 heteroatoms. The van der Waals surface area contributed by atoms with Gasteiger partial charge < -0.3 is 4.74 Å². The molecule has 4 nitrogen and oxygen atoms in total. The summed E-state index contributed by atoms with van der Waals surface area (Å²) in [5.74, 6) is -0.391. The smallest absolute Gasteiger partial charge is 0.310 e. The van der Waals surface area contributed by atoms with Gasteiger partial charge in [0, 0.05) is 5.56 Å². The predicted octanol–water partition coefficient (Wildman–Crippen LogP) is 2.04. The topological polar surface area (TPSA) is 67.2 Å². The molecular formula is C14H15NO3. The molecule has 94 valence electrons. The van der Waals surface area contributed by atoms with Crippen molar-refractivity contribution >= 4 is 12.3 Å². The van der Waals surface area contributed by atoms with Gasteiger partial charge in [-0.2, -0.15) is 5.26 Å². The number of nitrogens with zero attached hydrogens (tertiary/aromatic N) is 1. The van der Waals surface area contributed by atoms with Gasteiger partial charge in [0.25, 0.3) is 0 Å².